The molecule has 0 aromatic heterocycles. The Kier molecular flexibility index (Phi) is 8.73. The molecule has 5 N–H and O–H groups in total. The summed E-state index contributed by atoms with van der Waals surface area (Å²) in [5.41, 5.74) is 2.82. The average molecular weight is 437 g/mol. The summed E-state index contributed by atoms with van der Waals surface area (Å²) in [6.07, 6.45) is 11.0. The van der Waals surface area contributed by atoms with Crippen LogP contribution >= 0.6 is 0 Å². The van der Waals surface area contributed by atoms with E-state index in [2.05, 4.69) is 32.6 Å². The second kappa shape index (κ2) is 10.3. The molecular weight excluding hydrogens is 392 g/mol. The van der Waals surface area contributed by atoms with Crippen LogP contribution in [0.1, 0.15) is 79.1 Å². The lowest BCUT2D eigenvalue weighted by Gasteiger charge is -2.44. The Labute approximate surface area is 188 Å². The van der Waals surface area contributed by atoms with Gasteiger partial charge in [0.05, 0.1) is 23.9 Å². The monoisotopic (exact) mass is 436 g/mol. The number of hydrogen-bond donors (Lipinski definition) is 3. The molecule has 0 amide bonds. The second-order valence-corrected chi connectivity index (χ2v) is 10.8. The number of fused-ring (bicyclic) bond motifs is 1. The van der Waals surface area contributed by atoms with Gasteiger partial charge < -0.3 is 25.5 Å². The molecule has 3 aliphatic carbocycles. The van der Waals surface area contributed by atoms with Crippen molar-refractivity contribution in [2.24, 2.45) is 17.3 Å². The SMILES string of the molecule is C=C1/C(=C/C=C2\CCC[C@]3(C)[C@@H]([C@H](C)OCCC(C)(C)O)CC[C@@H]23)C[C@@H](O)C[C@@H]1O.O. The van der Waals surface area contributed by atoms with Gasteiger partial charge in [-0.3, -0.25) is 0 Å². The van der Waals surface area contributed by atoms with Crippen molar-refractivity contribution >= 4 is 0 Å². The molecule has 0 heterocycles. The van der Waals surface area contributed by atoms with Crippen LogP contribution in [0.5, 0.6) is 0 Å². The average Bonchev–Trinajstić information content (AvgIpc) is 3.00. The third kappa shape index (κ3) is 6.08. The highest BCUT2D eigenvalue weighted by Crippen LogP contribution is 2.58. The van der Waals surface area contributed by atoms with E-state index in [0.717, 1.165) is 17.6 Å². The van der Waals surface area contributed by atoms with Crippen LogP contribution in [0.2, 0.25) is 0 Å². The van der Waals surface area contributed by atoms with Crippen LogP contribution in [0.3, 0.4) is 0 Å². The minimum absolute atomic E-state index is 0. The zero-order valence-corrected chi connectivity index (χ0v) is 19.9. The van der Waals surface area contributed by atoms with E-state index in [-0.39, 0.29) is 17.0 Å². The Morgan fingerprint density at radius 1 is 1.26 bits per heavy atom. The van der Waals surface area contributed by atoms with E-state index >= 15 is 0 Å². The lowest BCUT2D eigenvalue weighted by molar-refractivity contribution is -0.0454. The van der Waals surface area contributed by atoms with Crippen LogP contribution in [-0.2, 0) is 4.74 Å². The Morgan fingerprint density at radius 2 is 1.97 bits per heavy atom. The van der Waals surface area contributed by atoms with Gasteiger partial charge in [0.2, 0.25) is 0 Å². The van der Waals surface area contributed by atoms with E-state index in [1.807, 2.05) is 13.8 Å². The lowest BCUT2D eigenvalue weighted by atomic mass is 9.62. The van der Waals surface area contributed by atoms with Gasteiger partial charge in [-0.25, -0.2) is 0 Å². The molecule has 0 aliphatic heterocycles. The second-order valence-electron chi connectivity index (χ2n) is 10.8. The van der Waals surface area contributed by atoms with E-state index in [1.54, 1.807) is 0 Å². The highest BCUT2D eigenvalue weighted by molar-refractivity contribution is 5.38. The van der Waals surface area contributed by atoms with Gasteiger partial charge in [-0.2, -0.15) is 0 Å². The van der Waals surface area contributed by atoms with Crippen LogP contribution in [-0.4, -0.2) is 51.3 Å². The Bertz CT molecular complexity index is 688. The third-order valence-electron chi connectivity index (χ3n) is 7.96. The number of aliphatic hydroxyl groups is 3. The molecule has 3 aliphatic rings. The molecule has 3 fully saturated rings. The molecule has 5 heteroatoms. The van der Waals surface area contributed by atoms with E-state index < -0.39 is 17.8 Å². The summed E-state index contributed by atoms with van der Waals surface area (Å²) < 4.78 is 6.19. The van der Waals surface area contributed by atoms with Crippen LogP contribution in [0.25, 0.3) is 0 Å². The van der Waals surface area contributed by atoms with Gasteiger partial charge >= 0.3 is 0 Å². The maximum Gasteiger partial charge on any atom is 0.0811 e. The first-order chi connectivity index (χ1) is 14.0. The number of allylic oxidation sites excluding steroid dienone is 3. The molecule has 6 atom stereocenters. The van der Waals surface area contributed by atoms with Gasteiger partial charge in [0.25, 0.3) is 0 Å². The number of ether oxygens (including phenoxy) is 1. The first-order valence-corrected chi connectivity index (χ1v) is 11.8. The predicted octanol–water partition coefficient (Wildman–Crippen LogP) is 3.87. The fraction of sp³-hybridized carbons (Fsp3) is 0.769. The Balaban J connectivity index is 0.00000341. The molecule has 31 heavy (non-hydrogen) atoms. The zero-order valence-electron chi connectivity index (χ0n) is 19.9. The van der Waals surface area contributed by atoms with E-state index in [4.69, 9.17) is 4.74 Å². The normalized spacial score (nSPS) is 37.6. The Hall–Kier alpha value is -0.980. The molecule has 0 aromatic rings. The van der Waals surface area contributed by atoms with Crippen molar-refractivity contribution in [1.29, 1.82) is 0 Å². The van der Waals surface area contributed by atoms with Crippen LogP contribution in [0.4, 0.5) is 0 Å². The summed E-state index contributed by atoms with van der Waals surface area (Å²) in [4.78, 5) is 0. The van der Waals surface area contributed by atoms with E-state index in [0.29, 0.717) is 37.7 Å². The van der Waals surface area contributed by atoms with E-state index in [1.165, 1.54) is 31.3 Å². The van der Waals surface area contributed by atoms with Crippen molar-refractivity contribution < 1.29 is 25.5 Å². The van der Waals surface area contributed by atoms with Gasteiger partial charge in [0, 0.05) is 13.0 Å². The van der Waals surface area contributed by atoms with Gasteiger partial charge in [0.1, 0.15) is 0 Å². The molecule has 3 saturated carbocycles. The van der Waals surface area contributed by atoms with Crippen molar-refractivity contribution in [3.63, 3.8) is 0 Å². The summed E-state index contributed by atoms with van der Waals surface area (Å²) >= 11 is 0. The zero-order chi connectivity index (χ0) is 22.1. The summed E-state index contributed by atoms with van der Waals surface area (Å²) in [6, 6.07) is 0. The highest BCUT2D eigenvalue weighted by atomic mass is 16.5. The fourth-order valence-corrected chi connectivity index (χ4v) is 6.13. The molecular formula is C26H44O5. The van der Waals surface area contributed by atoms with E-state index in [9.17, 15) is 15.3 Å². The molecule has 0 saturated heterocycles. The van der Waals surface area contributed by atoms with Crippen molar-refractivity contribution in [1.82, 2.24) is 0 Å². The van der Waals surface area contributed by atoms with Gasteiger partial charge in [-0.1, -0.05) is 31.2 Å². The number of rotatable bonds is 6. The molecule has 3 rings (SSSR count). The summed E-state index contributed by atoms with van der Waals surface area (Å²) in [5.74, 6) is 1.11. The fourth-order valence-electron chi connectivity index (χ4n) is 6.13. The Morgan fingerprint density at radius 3 is 2.65 bits per heavy atom. The maximum atomic E-state index is 10.1. The molecule has 0 bridgehead atoms. The van der Waals surface area contributed by atoms with Crippen molar-refractivity contribution in [2.75, 3.05) is 6.61 Å². The van der Waals surface area contributed by atoms with Crippen molar-refractivity contribution in [3.05, 3.63) is 35.5 Å². The molecule has 178 valence electrons. The van der Waals surface area contributed by atoms with Gasteiger partial charge in [-0.05, 0) is 94.1 Å². The van der Waals surface area contributed by atoms with Gasteiger partial charge in [0.15, 0.2) is 0 Å². The molecule has 0 radical (unpaired) electrons. The lowest BCUT2D eigenvalue weighted by Crippen LogP contribution is -2.39. The quantitative estimate of drug-likeness (QED) is 0.588. The first kappa shape index (κ1) is 26.3. The standard InChI is InChI=1S/C26H42O4.H2O/c1-17-20(15-21(27)16-24(17)28)9-8-19-7-6-12-26(5)22(10-11-23(19)26)18(2)30-14-13-25(3,4)29;/h8-9,18,21-24,27-29H,1,6-7,10-16H2,2-5H3;1H2/b19-8+,20-9+;/t18-,21+,22+,23-,24-,26+;/m0./s1. The summed E-state index contributed by atoms with van der Waals surface area (Å²) in [7, 11) is 0. The summed E-state index contributed by atoms with van der Waals surface area (Å²) in [5, 5.41) is 30.1. The summed E-state index contributed by atoms with van der Waals surface area (Å²) in [6.45, 7) is 13.0. The molecule has 0 unspecified atom stereocenters. The predicted molar refractivity (Wildman–Crippen MR) is 125 cm³/mol. The van der Waals surface area contributed by atoms with Crippen LogP contribution < -0.4 is 0 Å². The van der Waals surface area contributed by atoms with Crippen LogP contribution in [0, 0.1) is 17.3 Å². The minimum atomic E-state index is -0.680. The maximum absolute atomic E-state index is 10.1. The molecule has 0 aromatic carbocycles. The van der Waals surface area contributed by atoms with Crippen molar-refractivity contribution in [2.45, 2.75) is 103 Å². The smallest absolute Gasteiger partial charge is 0.0811 e. The topological polar surface area (TPSA) is 101 Å². The number of hydrogen-bond acceptors (Lipinski definition) is 4. The molecule has 5 nitrogen and oxygen atoms in total. The third-order valence-corrected chi connectivity index (χ3v) is 7.96. The first-order valence-electron chi connectivity index (χ1n) is 11.8. The van der Waals surface area contributed by atoms with Crippen LogP contribution in [0.15, 0.2) is 35.5 Å². The highest BCUT2D eigenvalue weighted by Gasteiger charge is 2.51. The van der Waals surface area contributed by atoms with Crippen molar-refractivity contribution in [3.8, 4) is 0 Å². The number of aliphatic hydroxyl groups excluding tert-OH is 2. The largest absolute Gasteiger partial charge is 0.412 e. The van der Waals surface area contributed by atoms with Gasteiger partial charge in [-0.15, -0.1) is 0 Å². The minimum Gasteiger partial charge on any atom is -0.412 e. The molecule has 0 spiro atoms.